The van der Waals surface area contributed by atoms with Crippen molar-refractivity contribution >= 4 is 43.2 Å². The molecule has 0 aliphatic heterocycles. The fraction of sp³-hybridized carbons (Fsp3) is 0.0667. The van der Waals surface area contributed by atoms with Gasteiger partial charge in [-0.2, -0.15) is 5.10 Å². The van der Waals surface area contributed by atoms with Crippen molar-refractivity contribution in [3.05, 3.63) is 48.0 Å². The first-order valence-electron chi connectivity index (χ1n) is 7.04. The number of aldehydes is 1. The van der Waals surface area contributed by atoms with E-state index in [-0.39, 0.29) is 26.8 Å². The predicted molar refractivity (Wildman–Crippen MR) is 98.0 cm³/mol. The third kappa shape index (κ3) is 4.65. The number of nitrogens with one attached hydrogen (secondary N) is 1. The fourth-order valence-corrected chi connectivity index (χ4v) is 3.14. The Kier molecular flexibility index (Phi) is 5.44. The van der Waals surface area contributed by atoms with Gasteiger partial charge >= 0.3 is 0 Å². The van der Waals surface area contributed by atoms with Crippen LogP contribution in [0, 0.1) is 0 Å². The number of sulfonamides is 1. The molecule has 0 amide bonds. The number of nitrogens with two attached hydrogens (primary N) is 2. The van der Waals surface area contributed by atoms with Crippen molar-refractivity contribution in [3.8, 4) is 0 Å². The molecule has 0 radical (unpaired) electrons. The van der Waals surface area contributed by atoms with Gasteiger partial charge in [-0.1, -0.05) is 0 Å². The number of nitrogen functional groups attached to an aromatic ring is 1. The van der Waals surface area contributed by atoms with Gasteiger partial charge in [-0.3, -0.25) is 10.2 Å². The summed E-state index contributed by atoms with van der Waals surface area (Å²) < 4.78 is 45.7. The van der Waals surface area contributed by atoms with Gasteiger partial charge in [0, 0.05) is 17.5 Å². The average Bonchev–Trinajstić information content (AvgIpc) is 2.55. The Labute approximate surface area is 150 Å². The average molecular weight is 396 g/mol. The largest absolute Gasteiger partial charge is 0.398 e. The van der Waals surface area contributed by atoms with Crippen LogP contribution in [0.1, 0.15) is 5.56 Å². The molecule has 0 bridgehead atoms. The highest BCUT2D eigenvalue weighted by Gasteiger charge is 2.14. The maximum atomic E-state index is 11.7. The third-order valence-corrected chi connectivity index (χ3v) is 5.37. The van der Waals surface area contributed by atoms with Gasteiger partial charge in [0.25, 0.3) is 0 Å². The van der Waals surface area contributed by atoms with Crippen LogP contribution in [-0.4, -0.2) is 35.1 Å². The molecule has 26 heavy (non-hydrogen) atoms. The summed E-state index contributed by atoms with van der Waals surface area (Å²) in [6.07, 6.45) is 1.45. The predicted octanol–water partition coefficient (Wildman–Crippen LogP) is 0.335. The first-order valence-corrected chi connectivity index (χ1v) is 10.5. The molecule has 0 aliphatic carbocycles. The molecule has 138 valence electrons. The van der Waals surface area contributed by atoms with E-state index in [9.17, 15) is 21.6 Å². The Morgan fingerprint density at radius 3 is 2.12 bits per heavy atom. The summed E-state index contributed by atoms with van der Waals surface area (Å²) in [5.74, 6) is 0. The maximum absolute atomic E-state index is 11.7. The fourth-order valence-electron chi connectivity index (χ4n) is 1.98. The molecule has 9 nitrogen and oxygen atoms in total. The van der Waals surface area contributed by atoms with Crippen LogP contribution in [0.2, 0.25) is 0 Å². The van der Waals surface area contributed by atoms with E-state index in [4.69, 9.17) is 10.9 Å². The molecule has 0 heterocycles. The van der Waals surface area contributed by atoms with Gasteiger partial charge in [0.15, 0.2) is 16.1 Å². The summed E-state index contributed by atoms with van der Waals surface area (Å²) in [7, 11) is -7.30. The standard InChI is InChI=1S/C15H16N4O5S2/c1-25(21,22)12-6-7-14(16)13(8-12)15(9-20)19-18-10-2-4-11(5-3-10)26(17,23)24/h2-9,18H,16H2,1H3,(H2,17,23,24)/b19-15+. The van der Waals surface area contributed by atoms with Gasteiger partial charge in [-0.05, 0) is 42.5 Å². The van der Waals surface area contributed by atoms with Gasteiger partial charge in [-0.25, -0.2) is 22.0 Å². The van der Waals surface area contributed by atoms with Crippen molar-refractivity contribution < 1.29 is 21.6 Å². The minimum absolute atomic E-state index is 0.00578. The van der Waals surface area contributed by atoms with Crippen molar-refractivity contribution in [1.29, 1.82) is 0 Å². The van der Waals surface area contributed by atoms with Gasteiger partial charge in [-0.15, -0.1) is 0 Å². The van der Waals surface area contributed by atoms with E-state index in [1.807, 2.05) is 0 Å². The summed E-state index contributed by atoms with van der Waals surface area (Å²) in [5, 5.41) is 8.91. The van der Waals surface area contributed by atoms with E-state index in [0.29, 0.717) is 12.0 Å². The van der Waals surface area contributed by atoms with Gasteiger partial charge in [0.2, 0.25) is 10.0 Å². The smallest absolute Gasteiger partial charge is 0.238 e. The molecule has 2 aromatic carbocycles. The number of sulfone groups is 1. The molecule has 0 aromatic heterocycles. The third-order valence-electron chi connectivity index (χ3n) is 3.33. The minimum atomic E-state index is -3.82. The van der Waals surface area contributed by atoms with Crippen molar-refractivity contribution in [1.82, 2.24) is 0 Å². The Balaban J connectivity index is 2.36. The lowest BCUT2D eigenvalue weighted by Crippen LogP contribution is -2.12. The molecule has 2 aromatic rings. The van der Waals surface area contributed by atoms with Crippen LogP contribution < -0.4 is 16.3 Å². The summed E-state index contributed by atoms with van der Waals surface area (Å²) in [6, 6.07) is 9.30. The van der Waals surface area contributed by atoms with Crippen molar-refractivity contribution in [2.24, 2.45) is 10.2 Å². The first-order chi connectivity index (χ1) is 12.0. The molecule has 0 aliphatic rings. The monoisotopic (exact) mass is 396 g/mol. The molecule has 0 spiro atoms. The Bertz CT molecular complexity index is 1080. The van der Waals surface area contributed by atoms with Gasteiger partial charge in [0.1, 0.15) is 5.71 Å². The van der Waals surface area contributed by atoms with Crippen LogP contribution in [0.25, 0.3) is 0 Å². The van der Waals surface area contributed by atoms with Crippen LogP contribution in [0.5, 0.6) is 0 Å². The number of hydrazone groups is 1. The molecule has 11 heteroatoms. The Hall–Kier alpha value is -2.76. The number of carbonyl (C=O) groups is 1. The van der Waals surface area contributed by atoms with E-state index in [1.54, 1.807) is 0 Å². The van der Waals surface area contributed by atoms with Crippen LogP contribution >= 0.6 is 0 Å². The van der Waals surface area contributed by atoms with Gasteiger partial charge < -0.3 is 5.73 Å². The summed E-state index contributed by atoms with van der Waals surface area (Å²) >= 11 is 0. The van der Waals surface area contributed by atoms with Crippen molar-refractivity contribution in [3.63, 3.8) is 0 Å². The number of primary sulfonamides is 1. The number of benzene rings is 2. The molecule has 0 unspecified atom stereocenters. The Morgan fingerprint density at radius 1 is 1.04 bits per heavy atom. The molecule has 0 saturated heterocycles. The van der Waals surface area contributed by atoms with Crippen LogP contribution in [0.3, 0.4) is 0 Å². The van der Waals surface area contributed by atoms with E-state index >= 15 is 0 Å². The molecule has 0 saturated carbocycles. The molecular formula is C15H16N4O5S2. The SMILES string of the molecule is CS(=O)(=O)c1ccc(N)c(/C(C=O)=N/Nc2ccc(S(N)(=O)=O)cc2)c1. The lowest BCUT2D eigenvalue weighted by Gasteiger charge is -2.08. The number of hydrogen-bond donors (Lipinski definition) is 3. The van der Waals surface area contributed by atoms with Crippen LogP contribution in [0.4, 0.5) is 11.4 Å². The first kappa shape index (κ1) is 19.6. The lowest BCUT2D eigenvalue weighted by atomic mass is 10.1. The quantitative estimate of drug-likeness (QED) is 0.274. The van der Waals surface area contributed by atoms with Crippen LogP contribution in [0.15, 0.2) is 57.4 Å². The van der Waals surface area contributed by atoms with E-state index in [2.05, 4.69) is 10.5 Å². The highest BCUT2D eigenvalue weighted by atomic mass is 32.2. The zero-order chi connectivity index (χ0) is 19.5. The molecule has 2 rings (SSSR count). The molecule has 0 atom stereocenters. The second-order valence-corrected chi connectivity index (χ2v) is 8.89. The van der Waals surface area contributed by atoms with E-state index in [1.165, 1.54) is 42.5 Å². The zero-order valence-corrected chi connectivity index (χ0v) is 15.2. The second-order valence-electron chi connectivity index (χ2n) is 5.32. The van der Waals surface area contributed by atoms with E-state index in [0.717, 1.165) is 6.26 Å². The maximum Gasteiger partial charge on any atom is 0.238 e. The summed E-state index contributed by atoms with van der Waals surface area (Å²) in [5.41, 5.74) is 8.96. The summed E-state index contributed by atoms with van der Waals surface area (Å²) in [4.78, 5) is 11.3. The van der Waals surface area contributed by atoms with Crippen molar-refractivity contribution in [2.75, 3.05) is 17.4 Å². The van der Waals surface area contributed by atoms with Crippen LogP contribution in [-0.2, 0) is 24.7 Å². The number of carbonyl (C=O) groups excluding carboxylic acids is 1. The number of anilines is 2. The van der Waals surface area contributed by atoms with Crippen molar-refractivity contribution in [2.45, 2.75) is 9.79 Å². The normalized spacial score (nSPS) is 12.6. The highest BCUT2D eigenvalue weighted by molar-refractivity contribution is 7.90. The molecule has 5 N–H and O–H groups in total. The lowest BCUT2D eigenvalue weighted by molar-refractivity contribution is -0.102. The summed E-state index contributed by atoms with van der Waals surface area (Å²) in [6.45, 7) is 0. The second kappa shape index (κ2) is 7.23. The van der Waals surface area contributed by atoms with Gasteiger partial charge in [0.05, 0.1) is 15.5 Å². The number of nitrogens with zero attached hydrogens (tertiary/aromatic N) is 1. The Morgan fingerprint density at radius 2 is 1.62 bits per heavy atom. The number of rotatable bonds is 6. The topological polar surface area (TPSA) is 162 Å². The van der Waals surface area contributed by atoms with E-state index < -0.39 is 19.9 Å². The zero-order valence-electron chi connectivity index (χ0n) is 13.6. The number of hydrogen-bond acceptors (Lipinski definition) is 8. The molecule has 0 fully saturated rings. The minimum Gasteiger partial charge on any atom is -0.398 e. The highest BCUT2D eigenvalue weighted by Crippen LogP contribution is 2.19. The molecular weight excluding hydrogens is 380 g/mol.